The summed E-state index contributed by atoms with van der Waals surface area (Å²) >= 11 is 0. The van der Waals surface area contributed by atoms with Gasteiger partial charge in [0.25, 0.3) is 0 Å². The van der Waals surface area contributed by atoms with Gasteiger partial charge < -0.3 is 15.3 Å². The van der Waals surface area contributed by atoms with E-state index in [1.807, 2.05) is 20.2 Å². The van der Waals surface area contributed by atoms with Crippen LogP contribution in [0.25, 0.3) is 0 Å². The van der Waals surface area contributed by atoms with Crippen LogP contribution in [0.2, 0.25) is 0 Å². The number of aryl methyl sites for hydroxylation is 1. The minimum absolute atomic E-state index is 0.325. The molecule has 1 aromatic carbocycles. The molecule has 84 valence electrons. The summed E-state index contributed by atoms with van der Waals surface area (Å²) in [5, 5.41) is 12.4. The molecule has 1 unspecified atom stereocenters. The van der Waals surface area contributed by atoms with E-state index < -0.39 is 0 Å². The molecule has 0 aliphatic heterocycles. The number of benzene rings is 1. The van der Waals surface area contributed by atoms with Crippen LogP contribution < -0.4 is 10.2 Å². The Morgan fingerprint density at radius 2 is 2.07 bits per heavy atom. The van der Waals surface area contributed by atoms with Gasteiger partial charge in [-0.25, -0.2) is 0 Å². The van der Waals surface area contributed by atoms with E-state index in [2.05, 4.69) is 29.3 Å². The Bertz CT molecular complexity index is 321. The van der Waals surface area contributed by atoms with Gasteiger partial charge in [0, 0.05) is 32.0 Å². The lowest BCUT2D eigenvalue weighted by Crippen LogP contribution is -2.16. The summed E-state index contributed by atoms with van der Waals surface area (Å²) in [7, 11) is 4.06. The molecule has 1 aromatic rings. The predicted molar refractivity (Wildman–Crippen MR) is 65.7 cm³/mol. The molecule has 0 bridgehead atoms. The monoisotopic (exact) mass is 208 g/mol. The first-order valence-electron chi connectivity index (χ1n) is 5.20. The number of hydrogen-bond donors (Lipinski definition) is 2. The lowest BCUT2D eigenvalue weighted by atomic mass is 10.1. The Kier molecular flexibility index (Phi) is 3.97. The van der Waals surface area contributed by atoms with E-state index in [0.29, 0.717) is 6.54 Å². The maximum atomic E-state index is 9.17. The third-order valence-electron chi connectivity index (χ3n) is 2.29. The fourth-order valence-corrected chi connectivity index (χ4v) is 1.47. The Labute approximate surface area is 91.7 Å². The highest BCUT2D eigenvalue weighted by Crippen LogP contribution is 2.22. The average Bonchev–Trinajstić information content (AvgIpc) is 2.16. The van der Waals surface area contributed by atoms with Gasteiger partial charge in [0.05, 0.1) is 6.10 Å². The van der Waals surface area contributed by atoms with E-state index >= 15 is 0 Å². The zero-order chi connectivity index (χ0) is 11.4. The van der Waals surface area contributed by atoms with Crippen LogP contribution in [0, 0.1) is 6.92 Å². The molecule has 0 aliphatic carbocycles. The van der Waals surface area contributed by atoms with E-state index in [1.54, 1.807) is 6.92 Å². The number of rotatable bonds is 4. The van der Waals surface area contributed by atoms with Crippen LogP contribution in [0.1, 0.15) is 12.5 Å². The van der Waals surface area contributed by atoms with Crippen molar-refractivity contribution in [3.05, 3.63) is 23.8 Å². The van der Waals surface area contributed by atoms with Gasteiger partial charge in [-0.1, -0.05) is 6.07 Å². The second kappa shape index (κ2) is 5.03. The zero-order valence-corrected chi connectivity index (χ0v) is 9.91. The molecule has 15 heavy (non-hydrogen) atoms. The van der Waals surface area contributed by atoms with Gasteiger partial charge in [0.2, 0.25) is 0 Å². The van der Waals surface area contributed by atoms with Crippen molar-refractivity contribution in [3.63, 3.8) is 0 Å². The van der Waals surface area contributed by atoms with Crippen molar-refractivity contribution >= 4 is 11.4 Å². The molecule has 1 rings (SSSR count). The molecule has 0 saturated heterocycles. The molecule has 0 spiro atoms. The summed E-state index contributed by atoms with van der Waals surface area (Å²) in [6.45, 7) is 4.44. The molecule has 0 aromatic heterocycles. The molecule has 0 radical (unpaired) electrons. The van der Waals surface area contributed by atoms with E-state index in [-0.39, 0.29) is 6.10 Å². The minimum Gasteiger partial charge on any atom is -0.392 e. The molecule has 0 aliphatic rings. The summed E-state index contributed by atoms with van der Waals surface area (Å²) in [5.41, 5.74) is 3.50. The van der Waals surface area contributed by atoms with Gasteiger partial charge in [0.1, 0.15) is 0 Å². The third-order valence-corrected chi connectivity index (χ3v) is 2.29. The van der Waals surface area contributed by atoms with Crippen molar-refractivity contribution in [1.82, 2.24) is 0 Å². The Morgan fingerprint density at radius 3 is 2.60 bits per heavy atom. The summed E-state index contributed by atoms with van der Waals surface area (Å²) < 4.78 is 0. The van der Waals surface area contributed by atoms with E-state index in [9.17, 15) is 5.11 Å². The molecule has 0 saturated carbocycles. The van der Waals surface area contributed by atoms with Gasteiger partial charge in [-0.15, -0.1) is 0 Å². The number of nitrogens with zero attached hydrogens (tertiary/aromatic N) is 1. The van der Waals surface area contributed by atoms with E-state index in [0.717, 1.165) is 5.69 Å². The molecule has 3 heteroatoms. The summed E-state index contributed by atoms with van der Waals surface area (Å²) in [6.07, 6.45) is -0.325. The van der Waals surface area contributed by atoms with Gasteiger partial charge in [-0.2, -0.15) is 0 Å². The van der Waals surface area contributed by atoms with Crippen LogP contribution in [-0.4, -0.2) is 31.9 Å². The van der Waals surface area contributed by atoms with Crippen LogP contribution in [0.4, 0.5) is 11.4 Å². The maximum Gasteiger partial charge on any atom is 0.0684 e. The summed E-state index contributed by atoms with van der Waals surface area (Å²) in [6, 6.07) is 6.21. The van der Waals surface area contributed by atoms with Gasteiger partial charge in [-0.3, -0.25) is 0 Å². The highest BCUT2D eigenvalue weighted by molar-refractivity contribution is 5.61. The summed E-state index contributed by atoms with van der Waals surface area (Å²) in [4.78, 5) is 2.09. The van der Waals surface area contributed by atoms with Gasteiger partial charge in [0.15, 0.2) is 0 Å². The number of aliphatic hydroxyl groups is 1. The van der Waals surface area contributed by atoms with Crippen LogP contribution in [0.3, 0.4) is 0 Å². The van der Waals surface area contributed by atoms with E-state index in [1.165, 1.54) is 11.3 Å². The van der Waals surface area contributed by atoms with Crippen molar-refractivity contribution < 1.29 is 5.11 Å². The van der Waals surface area contributed by atoms with Crippen molar-refractivity contribution in [2.24, 2.45) is 0 Å². The number of nitrogens with one attached hydrogen (secondary N) is 1. The fraction of sp³-hybridized carbons (Fsp3) is 0.500. The first-order valence-corrected chi connectivity index (χ1v) is 5.20. The molecular weight excluding hydrogens is 188 g/mol. The third kappa shape index (κ3) is 3.44. The number of hydrogen-bond acceptors (Lipinski definition) is 3. The normalized spacial score (nSPS) is 12.3. The van der Waals surface area contributed by atoms with Crippen molar-refractivity contribution in [2.75, 3.05) is 30.9 Å². The highest BCUT2D eigenvalue weighted by atomic mass is 16.3. The maximum absolute atomic E-state index is 9.17. The lowest BCUT2D eigenvalue weighted by Gasteiger charge is -2.17. The Balaban J connectivity index is 2.78. The number of aliphatic hydroxyl groups excluding tert-OH is 1. The molecular formula is C12H20N2O. The molecule has 2 N–H and O–H groups in total. The second-order valence-corrected chi connectivity index (χ2v) is 4.13. The van der Waals surface area contributed by atoms with Crippen LogP contribution in [0.15, 0.2) is 18.2 Å². The van der Waals surface area contributed by atoms with Crippen LogP contribution in [-0.2, 0) is 0 Å². The Morgan fingerprint density at radius 1 is 1.40 bits per heavy atom. The average molecular weight is 208 g/mol. The predicted octanol–water partition coefficient (Wildman–Crippen LogP) is 1.85. The van der Waals surface area contributed by atoms with Crippen LogP contribution >= 0.6 is 0 Å². The van der Waals surface area contributed by atoms with Crippen molar-refractivity contribution in [2.45, 2.75) is 20.0 Å². The SMILES string of the molecule is Cc1ccc(NCC(C)O)cc1N(C)C. The molecule has 1 atom stereocenters. The quantitative estimate of drug-likeness (QED) is 0.792. The molecule has 3 nitrogen and oxygen atoms in total. The molecule has 0 fully saturated rings. The second-order valence-electron chi connectivity index (χ2n) is 4.13. The first-order chi connectivity index (χ1) is 7.00. The minimum atomic E-state index is -0.325. The number of anilines is 2. The smallest absolute Gasteiger partial charge is 0.0684 e. The fourth-order valence-electron chi connectivity index (χ4n) is 1.47. The zero-order valence-electron chi connectivity index (χ0n) is 9.91. The van der Waals surface area contributed by atoms with E-state index in [4.69, 9.17) is 0 Å². The molecule has 0 amide bonds. The van der Waals surface area contributed by atoms with Crippen LogP contribution in [0.5, 0.6) is 0 Å². The standard InChI is InChI=1S/C12H20N2O/c1-9-5-6-11(13-8-10(2)15)7-12(9)14(3)4/h5-7,10,13,15H,8H2,1-4H3. The Hall–Kier alpha value is -1.22. The largest absolute Gasteiger partial charge is 0.392 e. The van der Waals surface area contributed by atoms with Crippen molar-refractivity contribution in [1.29, 1.82) is 0 Å². The highest BCUT2D eigenvalue weighted by Gasteiger charge is 2.02. The summed E-state index contributed by atoms with van der Waals surface area (Å²) in [5.74, 6) is 0. The van der Waals surface area contributed by atoms with Gasteiger partial charge >= 0.3 is 0 Å². The topological polar surface area (TPSA) is 35.5 Å². The lowest BCUT2D eigenvalue weighted by molar-refractivity contribution is 0.208. The molecule has 0 heterocycles. The van der Waals surface area contributed by atoms with Gasteiger partial charge in [-0.05, 0) is 31.5 Å². The first kappa shape index (κ1) is 11.9. The van der Waals surface area contributed by atoms with Crippen molar-refractivity contribution in [3.8, 4) is 0 Å².